The molecule has 2 rings (SSSR count). The van der Waals surface area contributed by atoms with Gasteiger partial charge in [0, 0.05) is 12.6 Å². The standard InChI is InChI=1S/C13H16ClN3/c1-8-4-5-9(2)10(6-8)12-13(14)16-11(7-15)17(12)3/h4-6H,7,15H2,1-3H3. The van der Waals surface area contributed by atoms with Crippen molar-refractivity contribution in [2.75, 3.05) is 0 Å². The van der Waals surface area contributed by atoms with E-state index in [1.54, 1.807) is 0 Å². The number of rotatable bonds is 2. The zero-order chi connectivity index (χ0) is 12.6. The summed E-state index contributed by atoms with van der Waals surface area (Å²) in [6.45, 7) is 4.53. The molecule has 2 aromatic rings. The summed E-state index contributed by atoms with van der Waals surface area (Å²) >= 11 is 6.20. The summed E-state index contributed by atoms with van der Waals surface area (Å²) in [6, 6.07) is 6.31. The van der Waals surface area contributed by atoms with Crippen molar-refractivity contribution in [1.82, 2.24) is 9.55 Å². The SMILES string of the molecule is Cc1ccc(C)c(-c2c(Cl)nc(CN)n2C)c1. The summed E-state index contributed by atoms with van der Waals surface area (Å²) < 4.78 is 1.96. The molecule has 4 heteroatoms. The molecule has 0 radical (unpaired) electrons. The van der Waals surface area contributed by atoms with Crippen molar-refractivity contribution in [2.45, 2.75) is 20.4 Å². The lowest BCUT2D eigenvalue weighted by atomic mass is 10.0. The third kappa shape index (κ3) is 2.08. The molecule has 1 aromatic carbocycles. The molecule has 17 heavy (non-hydrogen) atoms. The van der Waals surface area contributed by atoms with Crippen molar-refractivity contribution in [3.05, 3.63) is 40.3 Å². The van der Waals surface area contributed by atoms with Gasteiger partial charge in [-0.3, -0.25) is 0 Å². The average molecular weight is 250 g/mol. The molecule has 1 heterocycles. The monoisotopic (exact) mass is 249 g/mol. The maximum absolute atomic E-state index is 6.20. The maximum atomic E-state index is 6.20. The molecule has 0 aliphatic heterocycles. The Morgan fingerprint density at radius 1 is 1.35 bits per heavy atom. The summed E-state index contributed by atoms with van der Waals surface area (Å²) in [7, 11) is 1.94. The highest BCUT2D eigenvalue weighted by atomic mass is 35.5. The fraction of sp³-hybridized carbons (Fsp3) is 0.308. The van der Waals surface area contributed by atoms with Gasteiger partial charge in [-0.05, 0) is 25.5 Å². The highest BCUT2D eigenvalue weighted by Crippen LogP contribution is 2.31. The topological polar surface area (TPSA) is 43.8 Å². The number of hydrogen-bond donors (Lipinski definition) is 1. The van der Waals surface area contributed by atoms with Gasteiger partial charge in [-0.15, -0.1) is 0 Å². The van der Waals surface area contributed by atoms with Gasteiger partial charge in [0.2, 0.25) is 0 Å². The van der Waals surface area contributed by atoms with Gasteiger partial charge in [-0.25, -0.2) is 4.98 Å². The largest absolute Gasteiger partial charge is 0.329 e. The van der Waals surface area contributed by atoms with Gasteiger partial charge in [-0.2, -0.15) is 0 Å². The van der Waals surface area contributed by atoms with Crippen molar-refractivity contribution < 1.29 is 0 Å². The molecule has 0 saturated heterocycles. The molecule has 1 aromatic heterocycles. The molecule has 0 aliphatic carbocycles. The Morgan fingerprint density at radius 2 is 2.06 bits per heavy atom. The second-order valence-corrected chi connectivity index (χ2v) is 4.61. The van der Waals surface area contributed by atoms with E-state index in [-0.39, 0.29) is 0 Å². The van der Waals surface area contributed by atoms with E-state index in [1.165, 1.54) is 11.1 Å². The van der Waals surface area contributed by atoms with Crippen LogP contribution in [0.25, 0.3) is 11.3 Å². The lowest BCUT2D eigenvalue weighted by molar-refractivity contribution is 0.798. The first kappa shape index (κ1) is 12.1. The predicted octanol–water partition coefficient (Wildman–Crippen LogP) is 2.82. The number of halogens is 1. The number of hydrogen-bond acceptors (Lipinski definition) is 2. The van der Waals surface area contributed by atoms with Crippen LogP contribution in [0.1, 0.15) is 17.0 Å². The van der Waals surface area contributed by atoms with Crippen LogP contribution in [-0.2, 0) is 13.6 Å². The van der Waals surface area contributed by atoms with Crippen LogP contribution in [0.2, 0.25) is 5.15 Å². The van der Waals surface area contributed by atoms with E-state index in [9.17, 15) is 0 Å². The summed E-state index contributed by atoms with van der Waals surface area (Å²) in [5, 5.41) is 0.515. The Hall–Kier alpha value is -1.32. The maximum Gasteiger partial charge on any atom is 0.155 e. The highest BCUT2D eigenvalue weighted by Gasteiger charge is 2.15. The lowest BCUT2D eigenvalue weighted by Crippen LogP contribution is -2.05. The fourth-order valence-corrected chi connectivity index (χ4v) is 2.30. The zero-order valence-electron chi connectivity index (χ0n) is 10.3. The van der Waals surface area contributed by atoms with Crippen molar-refractivity contribution >= 4 is 11.6 Å². The van der Waals surface area contributed by atoms with Crippen LogP contribution in [0.3, 0.4) is 0 Å². The van der Waals surface area contributed by atoms with Gasteiger partial charge in [-0.1, -0.05) is 29.3 Å². The number of aromatic nitrogens is 2. The van der Waals surface area contributed by atoms with E-state index < -0.39 is 0 Å². The summed E-state index contributed by atoms with van der Waals surface area (Å²) in [6.07, 6.45) is 0. The van der Waals surface area contributed by atoms with Crippen molar-refractivity contribution in [3.63, 3.8) is 0 Å². The third-order valence-electron chi connectivity index (χ3n) is 2.98. The number of aryl methyl sites for hydroxylation is 2. The van der Waals surface area contributed by atoms with Crippen molar-refractivity contribution in [1.29, 1.82) is 0 Å². The second-order valence-electron chi connectivity index (χ2n) is 4.25. The number of nitrogens with zero attached hydrogens (tertiary/aromatic N) is 2. The Kier molecular flexibility index (Phi) is 3.22. The van der Waals surface area contributed by atoms with E-state index in [0.717, 1.165) is 17.1 Å². The Morgan fingerprint density at radius 3 is 2.65 bits per heavy atom. The molecule has 0 saturated carbocycles. The second kappa shape index (κ2) is 4.51. The van der Waals surface area contributed by atoms with E-state index >= 15 is 0 Å². The van der Waals surface area contributed by atoms with Crippen LogP contribution in [0.5, 0.6) is 0 Å². The van der Waals surface area contributed by atoms with Gasteiger partial charge < -0.3 is 10.3 Å². The van der Waals surface area contributed by atoms with Crippen LogP contribution in [-0.4, -0.2) is 9.55 Å². The zero-order valence-corrected chi connectivity index (χ0v) is 11.0. The lowest BCUT2D eigenvalue weighted by Gasteiger charge is -2.09. The Balaban J connectivity index is 2.68. The van der Waals surface area contributed by atoms with Crippen molar-refractivity contribution in [2.24, 2.45) is 12.8 Å². The molecule has 90 valence electrons. The molecule has 0 atom stereocenters. The summed E-state index contributed by atoms with van der Waals surface area (Å²) in [5.41, 5.74) is 10.1. The molecular formula is C13H16ClN3. The minimum Gasteiger partial charge on any atom is -0.329 e. The molecule has 0 amide bonds. The third-order valence-corrected chi connectivity index (χ3v) is 3.24. The summed E-state index contributed by atoms with van der Waals surface area (Å²) in [4.78, 5) is 4.28. The van der Waals surface area contributed by atoms with E-state index in [0.29, 0.717) is 11.7 Å². The molecule has 0 aliphatic rings. The minimum atomic E-state index is 0.390. The molecule has 0 spiro atoms. The molecular weight excluding hydrogens is 234 g/mol. The van der Waals surface area contributed by atoms with E-state index in [4.69, 9.17) is 17.3 Å². The van der Waals surface area contributed by atoms with Crippen LogP contribution in [0.15, 0.2) is 18.2 Å². The number of imidazole rings is 1. The molecule has 3 nitrogen and oxygen atoms in total. The quantitative estimate of drug-likeness (QED) is 0.890. The summed E-state index contributed by atoms with van der Waals surface area (Å²) in [5.74, 6) is 0.797. The van der Waals surface area contributed by atoms with Gasteiger partial charge in [0.05, 0.1) is 12.2 Å². The first-order valence-electron chi connectivity index (χ1n) is 5.53. The van der Waals surface area contributed by atoms with Gasteiger partial charge >= 0.3 is 0 Å². The van der Waals surface area contributed by atoms with Crippen LogP contribution in [0, 0.1) is 13.8 Å². The number of benzene rings is 1. The molecule has 0 fully saturated rings. The Labute approximate surface area is 106 Å². The van der Waals surface area contributed by atoms with Crippen LogP contribution in [0.4, 0.5) is 0 Å². The van der Waals surface area contributed by atoms with Crippen molar-refractivity contribution in [3.8, 4) is 11.3 Å². The first-order chi connectivity index (χ1) is 8.04. The highest BCUT2D eigenvalue weighted by molar-refractivity contribution is 6.32. The first-order valence-corrected chi connectivity index (χ1v) is 5.91. The van der Waals surface area contributed by atoms with E-state index in [1.807, 2.05) is 11.6 Å². The average Bonchev–Trinajstić information content (AvgIpc) is 2.58. The van der Waals surface area contributed by atoms with E-state index in [2.05, 4.69) is 37.0 Å². The number of nitrogens with two attached hydrogens (primary N) is 1. The predicted molar refractivity (Wildman–Crippen MR) is 71.0 cm³/mol. The molecule has 0 unspecified atom stereocenters. The fourth-order valence-electron chi connectivity index (χ4n) is 1.97. The van der Waals surface area contributed by atoms with Gasteiger partial charge in [0.25, 0.3) is 0 Å². The normalized spacial score (nSPS) is 10.9. The Bertz CT molecular complexity index is 558. The molecule has 2 N–H and O–H groups in total. The minimum absolute atomic E-state index is 0.390. The van der Waals surface area contributed by atoms with Gasteiger partial charge in [0.15, 0.2) is 5.15 Å². The van der Waals surface area contributed by atoms with Crippen LogP contribution < -0.4 is 5.73 Å². The van der Waals surface area contributed by atoms with Gasteiger partial charge in [0.1, 0.15) is 5.82 Å². The van der Waals surface area contributed by atoms with Crippen LogP contribution >= 0.6 is 11.6 Å². The smallest absolute Gasteiger partial charge is 0.155 e. The molecule has 0 bridgehead atoms.